The van der Waals surface area contributed by atoms with Crippen molar-refractivity contribution in [3.8, 4) is 12.0 Å². The third-order valence-corrected chi connectivity index (χ3v) is 2.26. The van der Waals surface area contributed by atoms with Crippen LogP contribution in [0.15, 0.2) is 6.20 Å². The van der Waals surface area contributed by atoms with Crippen molar-refractivity contribution in [2.24, 2.45) is 0 Å². The molecule has 0 spiro atoms. The molecule has 0 aliphatic rings. The van der Waals surface area contributed by atoms with Gasteiger partial charge < -0.3 is 9.84 Å². The monoisotopic (exact) mass is 269 g/mol. The molecular formula is C9H8ClN5O3. The lowest BCUT2D eigenvalue weighted by Gasteiger charge is -2.01. The molecule has 0 amide bonds. The third kappa shape index (κ3) is 2.23. The first-order valence-corrected chi connectivity index (χ1v) is 5.14. The van der Waals surface area contributed by atoms with Crippen LogP contribution in [0.4, 0.5) is 0 Å². The molecule has 9 heteroatoms. The highest BCUT2D eigenvalue weighted by atomic mass is 35.5. The van der Waals surface area contributed by atoms with Gasteiger partial charge in [-0.3, -0.25) is 0 Å². The number of carboxylic acid groups (broad SMARTS) is 1. The van der Waals surface area contributed by atoms with Gasteiger partial charge in [0.25, 0.3) is 5.95 Å². The second-order valence-corrected chi connectivity index (χ2v) is 3.61. The maximum atomic E-state index is 10.9. The van der Waals surface area contributed by atoms with Gasteiger partial charge in [0.05, 0.1) is 12.8 Å². The number of halogens is 1. The number of aryl methyl sites for hydroxylation is 1. The highest BCUT2D eigenvalue weighted by Crippen LogP contribution is 2.13. The summed E-state index contributed by atoms with van der Waals surface area (Å²) in [6, 6.07) is 0.0232. The summed E-state index contributed by atoms with van der Waals surface area (Å²) in [7, 11) is 1.38. The number of rotatable bonds is 3. The summed E-state index contributed by atoms with van der Waals surface area (Å²) in [5.74, 6) is -0.992. The maximum Gasteiger partial charge on any atom is 0.339 e. The van der Waals surface area contributed by atoms with E-state index in [2.05, 4.69) is 20.1 Å². The molecule has 0 bridgehead atoms. The summed E-state index contributed by atoms with van der Waals surface area (Å²) >= 11 is 5.69. The van der Waals surface area contributed by atoms with Gasteiger partial charge in [0.1, 0.15) is 5.56 Å². The molecule has 0 saturated heterocycles. The van der Waals surface area contributed by atoms with Gasteiger partial charge in [-0.25, -0.2) is 9.48 Å². The minimum atomic E-state index is -1.08. The van der Waals surface area contributed by atoms with Crippen molar-refractivity contribution >= 4 is 17.6 Å². The fourth-order valence-corrected chi connectivity index (χ4v) is 1.44. The molecule has 0 atom stereocenters. The van der Waals surface area contributed by atoms with Crippen LogP contribution in [0.5, 0.6) is 6.01 Å². The predicted octanol–water partition coefficient (Wildman–Crippen LogP) is 0.726. The molecule has 0 saturated carbocycles. The molecule has 0 unspecified atom stereocenters. The fourth-order valence-electron chi connectivity index (χ4n) is 1.29. The second kappa shape index (κ2) is 4.57. The molecule has 0 aromatic carbocycles. The molecule has 0 aliphatic heterocycles. The van der Waals surface area contributed by atoms with Crippen molar-refractivity contribution in [3.63, 3.8) is 0 Å². The van der Waals surface area contributed by atoms with Crippen LogP contribution in [-0.4, -0.2) is 42.9 Å². The van der Waals surface area contributed by atoms with E-state index < -0.39 is 5.97 Å². The number of aromatic nitrogens is 5. The first-order valence-electron chi connectivity index (χ1n) is 4.76. The number of carboxylic acids is 1. The highest BCUT2D eigenvalue weighted by Gasteiger charge is 2.15. The standard InChI is InChI=1S/C9H8ClN5O3/c1-4-5(6(16)17)3-15(14-4)8-11-7(10)12-9(13-8)18-2/h3H,1-2H3,(H,16,17). The lowest BCUT2D eigenvalue weighted by atomic mass is 10.3. The molecule has 0 radical (unpaired) electrons. The molecule has 94 valence electrons. The van der Waals surface area contributed by atoms with E-state index in [1.807, 2.05) is 0 Å². The quantitative estimate of drug-likeness (QED) is 0.876. The van der Waals surface area contributed by atoms with Crippen molar-refractivity contribution in [2.45, 2.75) is 6.92 Å². The van der Waals surface area contributed by atoms with E-state index in [9.17, 15) is 4.79 Å². The Morgan fingerprint density at radius 1 is 1.44 bits per heavy atom. The molecule has 1 N–H and O–H groups in total. The Morgan fingerprint density at radius 3 is 2.72 bits per heavy atom. The van der Waals surface area contributed by atoms with E-state index >= 15 is 0 Å². The fraction of sp³-hybridized carbons (Fsp3) is 0.222. The normalized spacial score (nSPS) is 10.4. The zero-order valence-electron chi connectivity index (χ0n) is 9.46. The highest BCUT2D eigenvalue weighted by molar-refractivity contribution is 6.28. The van der Waals surface area contributed by atoms with Crippen molar-refractivity contribution in [1.29, 1.82) is 0 Å². The lowest BCUT2D eigenvalue weighted by molar-refractivity contribution is 0.0696. The second-order valence-electron chi connectivity index (χ2n) is 3.27. The topological polar surface area (TPSA) is 103 Å². The lowest BCUT2D eigenvalue weighted by Crippen LogP contribution is -2.05. The van der Waals surface area contributed by atoms with Crippen molar-refractivity contribution in [2.75, 3.05) is 7.11 Å². The minimum Gasteiger partial charge on any atom is -0.478 e. The number of nitrogens with zero attached hydrogens (tertiary/aromatic N) is 5. The number of ether oxygens (including phenoxy) is 1. The van der Waals surface area contributed by atoms with Crippen LogP contribution in [0.2, 0.25) is 5.28 Å². The predicted molar refractivity (Wildman–Crippen MR) is 60.2 cm³/mol. The van der Waals surface area contributed by atoms with E-state index in [1.165, 1.54) is 18.0 Å². The Hall–Kier alpha value is -2.22. The zero-order chi connectivity index (χ0) is 13.3. The smallest absolute Gasteiger partial charge is 0.339 e. The van der Waals surface area contributed by atoms with Gasteiger partial charge >= 0.3 is 12.0 Å². The van der Waals surface area contributed by atoms with Gasteiger partial charge in [-0.15, -0.1) is 0 Å². The van der Waals surface area contributed by atoms with Crippen molar-refractivity contribution in [3.05, 3.63) is 22.7 Å². The summed E-state index contributed by atoms with van der Waals surface area (Å²) in [5.41, 5.74) is 0.406. The Balaban J connectivity index is 2.51. The SMILES string of the molecule is COc1nc(Cl)nc(-n2cc(C(=O)O)c(C)n2)n1. The van der Waals surface area contributed by atoms with Gasteiger partial charge in [0, 0.05) is 6.20 Å². The minimum absolute atomic E-state index is 0.0232. The largest absolute Gasteiger partial charge is 0.478 e. The summed E-state index contributed by atoms with van der Waals surface area (Å²) in [6.07, 6.45) is 1.29. The molecule has 2 heterocycles. The van der Waals surface area contributed by atoms with E-state index in [0.717, 1.165) is 0 Å². The van der Waals surface area contributed by atoms with Crippen molar-refractivity contribution < 1.29 is 14.6 Å². The molecule has 2 rings (SSSR count). The van der Waals surface area contributed by atoms with Gasteiger partial charge in [-0.2, -0.15) is 20.1 Å². The number of hydrogen-bond acceptors (Lipinski definition) is 6. The molecular weight excluding hydrogens is 262 g/mol. The van der Waals surface area contributed by atoms with Crippen LogP contribution in [0.1, 0.15) is 16.1 Å². The molecule has 0 fully saturated rings. The number of methoxy groups -OCH3 is 1. The van der Waals surface area contributed by atoms with Crippen molar-refractivity contribution in [1.82, 2.24) is 24.7 Å². The summed E-state index contributed by atoms with van der Waals surface area (Å²) in [6.45, 7) is 1.57. The first-order chi connectivity index (χ1) is 8.51. The summed E-state index contributed by atoms with van der Waals surface area (Å²) < 4.78 is 6.04. The maximum absolute atomic E-state index is 10.9. The molecule has 0 aliphatic carbocycles. The van der Waals surface area contributed by atoms with Gasteiger partial charge in [0.2, 0.25) is 5.28 Å². The number of hydrogen-bond donors (Lipinski definition) is 1. The Labute approximate surface area is 106 Å². The molecule has 8 nitrogen and oxygen atoms in total. The summed E-state index contributed by atoms with van der Waals surface area (Å²) in [5, 5.41) is 12.8. The van der Waals surface area contributed by atoms with E-state index in [-0.39, 0.29) is 22.8 Å². The van der Waals surface area contributed by atoms with Crippen LogP contribution in [0, 0.1) is 6.92 Å². The Bertz CT molecular complexity index is 612. The number of carbonyl (C=O) groups is 1. The molecule has 2 aromatic rings. The molecule has 18 heavy (non-hydrogen) atoms. The third-order valence-electron chi connectivity index (χ3n) is 2.09. The number of aromatic carboxylic acids is 1. The van der Waals surface area contributed by atoms with Gasteiger partial charge in [-0.1, -0.05) is 0 Å². The average Bonchev–Trinajstić information content (AvgIpc) is 2.70. The average molecular weight is 270 g/mol. The van der Waals surface area contributed by atoms with Crippen LogP contribution in [0.25, 0.3) is 5.95 Å². The van der Waals surface area contributed by atoms with E-state index in [4.69, 9.17) is 21.4 Å². The Kier molecular flexibility index (Phi) is 3.11. The molecule has 2 aromatic heterocycles. The van der Waals surface area contributed by atoms with Gasteiger partial charge in [0.15, 0.2) is 0 Å². The van der Waals surface area contributed by atoms with E-state index in [1.54, 1.807) is 6.92 Å². The van der Waals surface area contributed by atoms with Crippen LogP contribution < -0.4 is 4.74 Å². The van der Waals surface area contributed by atoms with Crippen LogP contribution in [-0.2, 0) is 0 Å². The zero-order valence-corrected chi connectivity index (χ0v) is 10.2. The Morgan fingerprint density at radius 2 is 2.17 bits per heavy atom. The van der Waals surface area contributed by atoms with Crippen LogP contribution in [0.3, 0.4) is 0 Å². The van der Waals surface area contributed by atoms with E-state index in [0.29, 0.717) is 5.69 Å². The summed E-state index contributed by atoms with van der Waals surface area (Å²) in [4.78, 5) is 22.4. The van der Waals surface area contributed by atoms with Crippen LogP contribution >= 0.6 is 11.6 Å². The van der Waals surface area contributed by atoms with Gasteiger partial charge in [-0.05, 0) is 18.5 Å². The first kappa shape index (κ1) is 12.2.